The molecule has 0 aliphatic heterocycles. The molecule has 0 fully saturated rings. The van der Waals surface area contributed by atoms with Crippen LogP contribution in [0, 0.1) is 11.3 Å². The summed E-state index contributed by atoms with van der Waals surface area (Å²) in [5.41, 5.74) is 3.46. The highest BCUT2D eigenvalue weighted by molar-refractivity contribution is 9.10. The number of aliphatic imine (C=N–C) groups is 1. The molecule has 0 bridgehead atoms. The number of nitriles is 1. The van der Waals surface area contributed by atoms with Gasteiger partial charge in [0, 0.05) is 17.3 Å². The molecule has 3 aromatic carbocycles. The minimum atomic E-state index is 0.228. The molecule has 0 aliphatic rings. The summed E-state index contributed by atoms with van der Waals surface area (Å²) >= 11 is 3.48. The highest BCUT2D eigenvalue weighted by Gasteiger charge is 2.23. The number of nitrogens with zero attached hydrogens (tertiary/aromatic N) is 2. The van der Waals surface area contributed by atoms with Gasteiger partial charge in [-0.05, 0) is 81.7 Å². The van der Waals surface area contributed by atoms with E-state index in [2.05, 4.69) is 27.0 Å². The van der Waals surface area contributed by atoms with Gasteiger partial charge in [0.15, 0.2) is 0 Å². The Morgan fingerprint density at radius 1 is 0.853 bits per heavy atom. The molecule has 7 heteroatoms. The van der Waals surface area contributed by atoms with E-state index < -0.39 is 0 Å². The molecule has 0 saturated heterocycles. The zero-order valence-corrected chi connectivity index (χ0v) is 20.4. The summed E-state index contributed by atoms with van der Waals surface area (Å²) in [7, 11) is 4.83. The van der Waals surface area contributed by atoms with Gasteiger partial charge in [0.05, 0.1) is 25.8 Å². The lowest BCUT2D eigenvalue weighted by atomic mass is 9.98. The molecule has 0 unspecified atom stereocenters. The van der Waals surface area contributed by atoms with Crippen LogP contribution in [0.25, 0.3) is 22.5 Å². The first kappa shape index (κ1) is 23.1. The predicted molar refractivity (Wildman–Crippen MR) is 135 cm³/mol. The third-order valence-electron chi connectivity index (χ3n) is 5.24. The minimum absolute atomic E-state index is 0.228. The second kappa shape index (κ2) is 10.3. The van der Waals surface area contributed by atoms with E-state index in [1.165, 1.54) is 0 Å². The molecule has 0 saturated carbocycles. The first-order chi connectivity index (χ1) is 16.6. The first-order valence-electron chi connectivity index (χ1n) is 10.3. The molecule has 0 N–H and O–H groups in total. The molecule has 0 spiro atoms. The van der Waals surface area contributed by atoms with Crippen molar-refractivity contribution in [1.29, 1.82) is 5.26 Å². The first-order valence-corrected chi connectivity index (χ1v) is 11.1. The standard InChI is InChI=1S/C27H21BrN2O4/c1-31-20-9-5-18(6-10-20)25-22(15-29)27(30-16-17-4-13-24(33-3)23(28)14-17)34-26(25)19-7-11-21(32-2)12-8-19/h4-14,16H,1-3H3. The van der Waals surface area contributed by atoms with Gasteiger partial charge in [-0.1, -0.05) is 12.1 Å². The SMILES string of the molecule is COc1ccc(-c2oc(N=Cc3ccc(OC)c(Br)c3)c(C#N)c2-c2ccc(OC)cc2)cc1. The van der Waals surface area contributed by atoms with Gasteiger partial charge >= 0.3 is 0 Å². The summed E-state index contributed by atoms with van der Waals surface area (Å²) in [6.07, 6.45) is 1.65. The minimum Gasteiger partial charge on any atom is -0.497 e. The number of hydrogen-bond acceptors (Lipinski definition) is 6. The van der Waals surface area contributed by atoms with E-state index in [0.717, 1.165) is 38.4 Å². The summed E-state index contributed by atoms with van der Waals surface area (Å²) < 4.78 is 22.8. The Hall–Kier alpha value is -4.02. The average molecular weight is 517 g/mol. The lowest BCUT2D eigenvalue weighted by molar-refractivity contribution is 0.412. The highest BCUT2D eigenvalue weighted by atomic mass is 79.9. The number of hydrogen-bond donors (Lipinski definition) is 0. The van der Waals surface area contributed by atoms with Gasteiger partial charge < -0.3 is 18.6 Å². The molecule has 0 amide bonds. The normalized spacial score (nSPS) is 10.8. The number of halogens is 1. The van der Waals surface area contributed by atoms with Gasteiger partial charge in [-0.2, -0.15) is 5.26 Å². The van der Waals surface area contributed by atoms with Crippen LogP contribution in [0.5, 0.6) is 17.2 Å². The van der Waals surface area contributed by atoms with E-state index in [-0.39, 0.29) is 5.88 Å². The lowest BCUT2D eigenvalue weighted by Crippen LogP contribution is -1.87. The highest BCUT2D eigenvalue weighted by Crippen LogP contribution is 2.43. The van der Waals surface area contributed by atoms with Gasteiger partial charge in [-0.15, -0.1) is 0 Å². The number of ether oxygens (including phenoxy) is 3. The zero-order chi connectivity index (χ0) is 24.1. The van der Waals surface area contributed by atoms with Crippen LogP contribution < -0.4 is 14.2 Å². The maximum absolute atomic E-state index is 10.1. The zero-order valence-electron chi connectivity index (χ0n) is 18.8. The fourth-order valence-corrected chi connectivity index (χ4v) is 4.05. The van der Waals surface area contributed by atoms with Crippen molar-refractivity contribution in [3.63, 3.8) is 0 Å². The average Bonchev–Trinajstić information content (AvgIpc) is 3.26. The Bertz CT molecular complexity index is 1370. The molecule has 170 valence electrons. The predicted octanol–water partition coefficient (Wildman–Crippen LogP) is 7.02. The van der Waals surface area contributed by atoms with E-state index in [1.807, 2.05) is 66.7 Å². The van der Waals surface area contributed by atoms with Gasteiger partial charge in [-0.25, -0.2) is 4.99 Å². The van der Waals surface area contributed by atoms with Crippen LogP contribution in [0.2, 0.25) is 0 Å². The summed E-state index contributed by atoms with van der Waals surface area (Å²) in [4.78, 5) is 4.52. The summed E-state index contributed by atoms with van der Waals surface area (Å²) in [5.74, 6) is 2.94. The Labute approximate surface area is 206 Å². The number of benzene rings is 3. The van der Waals surface area contributed by atoms with Crippen LogP contribution in [-0.4, -0.2) is 27.5 Å². The molecule has 0 radical (unpaired) electrons. The summed E-state index contributed by atoms with van der Waals surface area (Å²) in [6, 6.07) is 22.8. The van der Waals surface area contributed by atoms with Crippen LogP contribution >= 0.6 is 15.9 Å². The van der Waals surface area contributed by atoms with E-state index in [9.17, 15) is 5.26 Å². The molecule has 4 aromatic rings. The molecule has 6 nitrogen and oxygen atoms in total. The maximum Gasteiger partial charge on any atom is 0.238 e. The molecule has 1 aromatic heterocycles. The molecular weight excluding hydrogens is 496 g/mol. The van der Waals surface area contributed by atoms with Crippen molar-refractivity contribution in [2.45, 2.75) is 0 Å². The Morgan fingerprint density at radius 3 is 2.00 bits per heavy atom. The fourth-order valence-electron chi connectivity index (χ4n) is 3.49. The van der Waals surface area contributed by atoms with E-state index in [4.69, 9.17) is 18.6 Å². The molecule has 34 heavy (non-hydrogen) atoms. The topological polar surface area (TPSA) is 77.0 Å². The van der Waals surface area contributed by atoms with Crippen LogP contribution in [-0.2, 0) is 0 Å². The number of furan rings is 1. The van der Waals surface area contributed by atoms with Crippen LogP contribution in [0.1, 0.15) is 11.1 Å². The van der Waals surface area contributed by atoms with E-state index >= 15 is 0 Å². The molecule has 0 atom stereocenters. The van der Waals surface area contributed by atoms with Gasteiger partial charge in [0.1, 0.15) is 34.6 Å². The second-order valence-electron chi connectivity index (χ2n) is 7.21. The van der Waals surface area contributed by atoms with Crippen molar-refractivity contribution in [3.8, 4) is 45.8 Å². The lowest BCUT2D eigenvalue weighted by Gasteiger charge is -2.06. The largest absolute Gasteiger partial charge is 0.497 e. The molecule has 4 rings (SSSR count). The Morgan fingerprint density at radius 2 is 1.47 bits per heavy atom. The van der Waals surface area contributed by atoms with Crippen LogP contribution in [0.3, 0.4) is 0 Å². The smallest absolute Gasteiger partial charge is 0.238 e. The summed E-state index contributed by atoms with van der Waals surface area (Å²) in [5, 5.41) is 10.1. The van der Waals surface area contributed by atoms with Gasteiger partial charge in [0.2, 0.25) is 5.88 Å². The van der Waals surface area contributed by atoms with Crippen molar-refractivity contribution < 1.29 is 18.6 Å². The maximum atomic E-state index is 10.1. The number of methoxy groups -OCH3 is 3. The molecular formula is C27H21BrN2O4. The third kappa shape index (κ3) is 4.68. The van der Waals surface area contributed by atoms with Crippen molar-refractivity contribution in [3.05, 3.63) is 82.3 Å². The fraction of sp³-hybridized carbons (Fsp3) is 0.111. The molecule has 1 heterocycles. The van der Waals surface area contributed by atoms with E-state index in [1.54, 1.807) is 27.5 Å². The number of rotatable bonds is 7. The van der Waals surface area contributed by atoms with Crippen molar-refractivity contribution in [2.75, 3.05) is 21.3 Å². The van der Waals surface area contributed by atoms with Gasteiger partial charge in [-0.3, -0.25) is 0 Å². The van der Waals surface area contributed by atoms with Gasteiger partial charge in [0.25, 0.3) is 0 Å². The van der Waals surface area contributed by atoms with Crippen LogP contribution in [0.15, 0.2) is 80.6 Å². The van der Waals surface area contributed by atoms with Crippen LogP contribution in [0.4, 0.5) is 5.88 Å². The third-order valence-corrected chi connectivity index (χ3v) is 5.86. The van der Waals surface area contributed by atoms with Crippen molar-refractivity contribution >= 4 is 28.0 Å². The monoisotopic (exact) mass is 516 g/mol. The Kier molecular flexibility index (Phi) is 7.00. The Balaban J connectivity index is 1.84. The van der Waals surface area contributed by atoms with Crippen molar-refractivity contribution in [1.82, 2.24) is 0 Å². The molecule has 0 aliphatic carbocycles. The quantitative estimate of drug-likeness (QED) is 0.246. The second-order valence-corrected chi connectivity index (χ2v) is 8.06. The summed E-state index contributed by atoms with van der Waals surface area (Å²) in [6.45, 7) is 0. The van der Waals surface area contributed by atoms with Crippen molar-refractivity contribution in [2.24, 2.45) is 4.99 Å². The van der Waals surface area contributed by atoms with E-state index in [0.29, 0.717) is 16.9 Å².